The normalized spacial score (nSPS) is 11.0. The standard InChI is InChI=1S/C28H21ClN2O3/c1-17-6-4-11-24(29)25(17)26-23(16-30-20-14-12-19(13-15-20)28(32)33)27(34-31-26)22-10-5-8-18-7-2-3-9-21(18)22/h2-15,30H,16H2,1H3,(H,32,33). The molecule has 0 bridgehead atoms. The minimum absolute atomic E-state index is 0.236. The number of aryl methyl sites for hydroxylation is 1. The molecule has 0 aliphatic heterocycles. The van der Waals surface area contributed by atoms with Crippen LogP contribution in [0.3, 0.4) is 0 Å². The lowest BCUT2D eigenvalue weighted by Gasteiger charge is -2.12. The summed E-state index contributed by atoms with van der Waals surface area (Å²) >= 11 is 6.59. The van der Waals surface area contributed by atoms with Gasteiger partial charge in [-0.1, -0.05) is 71.4 Å². The van der Waals surface area contributed by atoms with Gasteiger partial charge < -0.3 is 14.9 Å². The summed E-state index contributed by atoms with van der Waals surface area (Å²) in [6, 6.07) is 26.6. The smallest absolute Gasteiger partial charge is 0.335 e. The van der Waals surface area contributed by atoms with E-state index >= 15 is 0 Å². The van der Waals surface area contributed by atoms with E-state index in [1.807, 2.05) is 49.4 Å². The Morgan fingerprint density at radius 2 is 1.71 bits per heavy atom. The number of nitrogens with zero attached hydrogens (tertiary/aromatic N) is 1. The number of aromatic nitrogens is 1. The van der Waals surface area contributed by atoms with Crippen molar-refractivity contribution in [2.75, 3.05) is 5.32 Å². The summed E-state index contributed by atoms with van der Waals surface area (Å²) in [7, 11) is 0. The fraction of sp³-hybridized carbons (Fsp3) is 0.0714. The molecule has 0 radical (unpaired) electrons. The van der Waals surface area contributed by atoms with E-state index < -0.39 is 5.97 Å². The number of hydrogen-bond donors (Lipinski definition) is 2. The summed E-state index contributed by atoms with van der Waals surface area (Å²) in [5.74, 6) is -0.291. The van der Waals surface area contributed by atoms with Crippen LogP contribution in [0.1, 0.15) is 21.5 Å². The lowest BCUT2D eigenvalue weighted by Crippen LogP contribution is -2.03. The average molecular weight is 469 g/mol. The van der Waals surface area contributed by atoms with Gasteiger partial charge >= 0.3 is 5.97 Å². The average Bonchev–Trinajstić information content (AvgIpc) is 3.25. The van der Waals surface area contributed by atoms with Crippen LogP contribution in [0.2, 0.25) is 5.02 Å². The van der Waals surface area contributed by atoms with Gasteiger partial charge in [0.1, 0.15) is 5.69 Å². The Balaban J connectivity index is 1.62. The zero-order valence-electron chi connectivity index (χ0n) is 18.4. The van der Waals surface area contributed by atoms with Gasteiger partial charge in [0.25, 0.3) is 0 Å². The number of aromatic carboxylic acids is 1. The highest BCUT2D eigenvalue weighted by Crippen LogP contribution is 2.39. The van der Waals surface area contributed by atoms with Crippen LogP contribution in [-0.4, -0.2) is 16.2 Å². The molecule has 1 aromatic heterocycles. The molecule has 0 saturated carbocycles. The van der Waals surface area contributed by atoms with Crippen molar-refractivity contribution in [3.05, 3.63) is 107 Å². The zero-order valence-corrected chi connectivity index (χ0v) is 19.1. The first kappa shape index (κ1) is 21.7. The Bertz CT molecular complexity index is 1480. The molecule has 6 heteroatoms. The molecule has 2 N–H and O–H groups in total. The monoisotopic (exact) mass is 468 g/mol. The number of carbonyl (C=O) groups is 1. The summed E-state index contributed by atoms with van der Waals surface area (Å²) < 4.78 is 5.97. The summed E-state index contributed by atoms with van der Waals surface area (Å²) in [5.41, 5.74) is 5.35. The molecule has 0 saturated heterocycles. The van der Waals surface area contributed by atoms with Crippen molar-refractivity contribution in [1.29, 1.82) is 0 Å². The Morgan fingerprint density at radius 3 is 2.47 bits per heavy atom. The van der Waals surface area contributed by atoms with Gasteiger partial charge in [-0.3, -0.25) is 0 Å². The van der Waals surface area contributed by atoms with E-state index in [0.29, 0.717) is 23.0 Å². The first-order chi connectivity index (χ1) is 16.5. The van der Waals surface area contributed by atoms with Gasteiger partial charge in [0.05, 0.1) is 10.6 Å². The van der Waals surface area contributed by atoms with Gasteiger partial charge in [-0.2, -0.15) is 0 Å². The lowest BCUT2D eigenvalue weighted by molar-refractivity contribution is 0.0697. The third-order valence-electron chi connectivity index (χ3n) is 5.88. The molecule has 4 aromatic carbocycles. The summed E-state index contributed by atoms with van der Waals surface area (Å²) in [4.78, 5) is 11.2. The Morgan fingerprint density at radius 1 is 0.971 bits per heavy atom. The molecule has 1 heterocycles. The minimum atomic E-state index is -0.958. The van der Waals surface area contributed by atoms with Gasteiger partial charge in [0.15, 0.2) is 5.76 Å². The third-order valence-corrected chi connectivity index (χ3v) is 6.20. The van der Waals surface area contributed by atoms with Crippen molar-refractivity contribution in [3.8, 4) is 22.6 Å². The number of carboxylic acids is 1. The van der Waals surface area contributed by atoms with Crippen molar-refractivity contribution in [2.45, 2.75) is 13.5 Å². The number of hydrogen-bond acceptors (Lipinski definition) is 4. The van der Waals surface area contributed by atoms with Crippen LogP contribution in [0.25, 0.3) is 33.4 Å². The van der Waals surface area contributed by atoms with Crippen molar-refractivity contribution < 1.29 is 14.4 Å². The number of nitrogens with one attached hydrogen (secondary N) is 1. The SMILES string of the molecule is Cc1cccc(Cl)c1-c1noc(-c2cccc3ccccc23)c1CNc1ccc(C(=O)O)cc1. The second-order valence-electron chi connectivity index (χ2n) is 8.03. The maximum absolute atomic E-state index is 11.2. The summed E-state index contributed by atoms with van der Waals surface area (Å²) in [6.07, 6.45) is 0. The van der Waals surface area contributed by atoms with Crippen LogP contribution >= 0.6 is 11.6 Å². The molecule has 5 nitrogen and oxygen atoms in total. The molecule has 0 aliphatic rings. The maximum atomic E-state index is 11.2. The molecule has 5 aromatic rings. The Kier molecular flexibility index (Phi) is 5.78. The van der Waals surface area contributed by atoms with Gasteiger partial charge in [0.2, 0.25) is 0 Å². The van der Waals surface area contributed by atoms with Crippen LogP contribution in [-0.2, 0) is 6.54 Å². The van der Waals surface area contributed by atoms with Crippen molar-refractivity contribution >= 4 is 34.0 Å². The molecule has 168 valence electrons. The fourth-order valence-electron chi connectivity index (χ4n) is 4.16. The highest BCUT2D eigenvalue weighted by atomic mass is 35.5. The lowest BCUT2D eigenvalue weighted by atomic mass is 9.96. The predicted octanol–water partition coefficient (Wildman–Crippen LogP) is 7.43. The molecule has 5 rings (SSSR count). The topological polar surface area (TPSA) is 75.4 Å². The van der Waals surface area contributed by atoms with Gasteiger partial charge in [-0.15, -0.1) is 0 Å². The molecule has 0 unspecified atom stereocenters. The largest absolute Gasteiger partial charge is 0.478 e. The summed E-state index contributed by atoms with van der Waals surface area (Å²) in [5, 5.41) is 19.8. The van der Waals surface area contributed by atoms with Crippen molar-refractivity contribution in [3.63, 3.8) is 0 Å². The number of carboxylic acid groups (broad SMARTS) is 1. The summed E-state index contributed by atoms with van der Waals surface area (Å²) in [6.45, 7) is 2.41. The molecule has 0 amide bonds. The van der Waals surface area contributed by atoms with E-state index in [0.717, 1.165) is 38.7 Å². The number of benzene rings is 4. The molecule has 34 heavy (non-hydrogen) atoms. The van der Waals surface area contributed by atoms with E-state index in [2.05, 4.69) is 28.7 Å². The highest BCUT2D eigenvalue weighted by molar-refractivity contribution is 6.33. The minimum Gasteiger partial charge on any atom is -0.478 e. The molecule has 0 atom stereocenters. The Labute approximate surface area is 201 Å². The molecule has 0 fully saturated rings. The van der Waals surface area contributed by atoms with Crippen LogP contribution in [0.15, 0.2) is 89.5 Å². The number of fused-ring (bicyclic) bond motifs is 1. The van der Waals surface area contributed by atoms with Crippen LogP contribution in [0, 0.1) is 6.92 Å². The number of anilines is 1. The van der Waals surface area contributed by atoms with E-state index in [4.69, 9.17) is 21.2 Å². The van der Waals surface area contributed by atoms with Gasteiger partial charge in [0, 0.05) is 28.9 Å². The Hall–Kier alpha value is -4.09. The molecular weight excluding hydrogens is 448 g/mol. The quantitative estimate of drug-likeness (QED) is 0.271. The van der Waals surface area contributed by atoms with Crippen molar-refractivity contribution in [2.24, 2.45) is 0 Å². The van der Waals surface area contributed by atoms with Gasteiger partial charge in [-0.05, 0) is 53.6 Å². The first-order valence-corrected chi connectivity index (χ1v) is 11.2. The zero-order chi connectivity index (χ0) is 23.7. The number of halogens is 1. The first-order valence-electron chi connectivity index (χ1n) is 10.8. The predicted molar refractivity (Wildman–Crippen MR) is 135 cm³/mol. The highest BCUT2D eigenvalue weighted by Gasteiger charge is 2.23. The third kappa shape index (κ3) is 4.02. The maximum Gasteiger partial charge on any atom is 0.335 e. The van der Waals surface area contributed by atoms with Crippen LogP contribution in [0.4, 0.5) is 5.69 Å². The van der Waals surface area contributed by atoms with E-state index in [-0.39, 0.29) is 5.56 Å². The molecule has 0 aliphatic carbocycles. The molecular formula is C28H21ClN2O3. The second kappa shape index (κ2) is 9.04. The van der Waals surface area contributed by atoms with Crippen LogP contribution < -0.4 is 5.32 Å². The van der Waals surface area contributed by atoms with E-state index in [1.54, 1.807) is 24.3 Å². The van der Waals surface area contributed by atoms with Gasteiger partial charge in [-0.25, -0.2) is 4.79 Å². The number of rotatable bonds is 6. The van der Waals surface area contributed by atoms with Crippen LogP contribution in [0.5, 0.6) is 0 Å². The van der Waals surface area contributed by atoms with E-state index in [1.165, 1.54) is 0 Å². The van der Waals surface area contributed by atoms with Crippen molar-refractivity contribution in [1.82, 2.24) is 5.16 Å². The van der Waals surface area contributed by atoms with E-state index in [9.17, 15) is 4.79 Å². The second-order valence-corrected chi connectivity index (χ2v) is 8.44. The molecule has 0 spiro atoms. The fourth-order valence-corrected chi connectivity index (χ4v) is 4.47.